The number of Topliss-reactive ketones (excluding diaryl/α,β-unsaturated/α-hetero) is 1. The van der Waals surface area contributed by atoms with Crippen LogP contribution in [-0.4, -0.2) is 50.8 Å². The number of piperidine rings is 1. The van der Waals surface area contributed by atoms with E-state index < -0.39 is 0 Å². The number of imidazole rings is 1. The molecule has 0 aliphatic carbocycles. The Kier molecular flexibility index (Phi) is 5.03. The number of hydrogen-bond acceptors (Lipinski definition) is 6. The zero-order valence-corrected chi connectivity index (χ0v) is 16.0. The summed E-state index contributed by atoms with van der Waals surface area (Å²) in [6, 6.07) is 7.31. The van der Waals surface area contributed by atoms with Crippen LogP contribution in [0.1, 0.15) is 35.8 Å². The molecule has 3 heterocycles. The Hall–Kier alpha value is -2.16. The van der Waals surface area contributed by atoms with Crippen LogP contribution in [0.5, 0.6) is 0 Å². The number of carbonyl (C=O) groups is 2. The van der Waals surface area contributed by atoms with Crippen molar-refractivity contribution in [3.63, 3.8) is 0 Å². The highest BCUT2D eigenvalue weighted by molar-refractivity contribution is 7.97. The monoisotopic (exact) mass is 385 g/mol. The van der Waals surface area contributed by atoms with E-state index in [0.29, 0.717) is 12.0 Å². The summed E-state index contributed by atoms with van der Waals surface area (Å²) >= 11 is 1.59. The van der Waals surface area contributed by atoms with Gasteiger partial charge in [0.05, 0.1) is 6.33 Å². The van der Waals surface area contributed by atoms with E-state index in [-0.39, 0.29) is 23.4 Å². The van der Waals surface area contributed by atoms with Gasteiger partial charge in [0.1, 0.15) is 11.7 Å². The molecule has 1 spiro atoms. The van der Waals surface area contributed by atoms with E-state index in [9.17, 15) is 9.59 Å². The van der Waals surface area contributed by atoms with Crippen molar-refractivity contribution in [1.82, 2.24) is 24.9 Å². The van der Waals surface area contributed by atoms with Gasteiger partial charge < -0.3 is 15.6 Å². The molecule has 1 amide bonds. The number of hydrogen-bond donors (Lipinski definition) is 3. The van der Waals surface area contributed by atoms with Gasteiger partial charge in [0.15, 0.2) is 5.78 Å². The fourth-order valence-corrected chi connectivity index (χ4v) is 4.94. The molecule has 8 heteroatoms. The van der Waals surface area contributed by atoms with Crippen molar-refractivity contribution < 1.29 is 9.59 Å². The van der Waals surface area contributed by atoms with Crippen LogP contribution in [-0.2, 0) is 11.2 Å². The summed E-state index contributed by atoms with van der Waals surface area (Å²) in [6.45, 7) is 3.31. The molecule has 27 heavy (non-hydrogen) atoms. The molecule has 2 aliphatic rings. The Balaban J connectivity index is 1.62. The van der Waals surface area contributed by atoms with Crippen LogP contribution in [0.25, 0.3) is 0 Å². The smallest absolute Gasteiger partial charge is 0.240 e. The van der Waals surface area contributed by atoms with Gasteiger partial charge >= 0.3 is 0 Å². The van der Waals surface area contributed by atoms with Crippen LogP contribution < -0.4 is 10.6 Å². The summed E-state index contributed by atoms with van der Waals surface area (Å²) in [5.41, 5.74) is 1.29. The Labute approximate surface area is 162 Å². The van der Waals surface area contributed by atoms with E-state index in [1.54, 1.807) is 31.4 Å². The van der Waals surface area contributed by atoms with Crippen molar-refractivity contribution in [2.75, 3.05) is 13.1 Å². The van der Waals surface area contributed by atoms with Crippen LogP contribution in [0.4, 0.5) is 0 Å². The molecule has 2 aromatic rings. The number of nitrogens with zero attached hydrogens (tertiary/aromatic N) is 2. The average Bonchev–Trinajstić information content (AvgIpc) is 3.26. The molecule has 2 aliphatic heterocycles. The van der Waals surface area contributed by atoms with Crippen LogP contribution in [0.15, 0.2) is 41.7 Å². The number of amides is 1. The van der Waals surface area contributed by atoms with E-state index in [4.69, 9.17) is 0 Å². The van der Waals surface area contributed by atoms with Crippen LogP contribution in [0.3, 0.4) is 0 Å². The van der Waals surface area contributed by atoms with E-state index in [1.165, 1.54) is 0 Å². The lowest BCUT2D eigenvalue weighted by atomic mass is 9.99. The lowest BCUT2D eigenvalue weighted by Gasteiger charge is -2.41. The first-order chi connectivity index (χ1) is 13.1. The molecule has 7 nitrogen and oxygen atoms in total. The van der Waals surface area contributed by atoms with Crippen molar-refractivity contribution in [2.45, 2.75) is 42.8 Å². The molecule has 3 N–H and O–H groups in total. The summed E-state index contributed by atoms with van der Waals surface area (Å²) in [5, 5.41) is 6.64. The second-order valence-electron chi connectivity index (χ2n) is 7.07. The van der Waals surface area contributed by atoms with E-state index in [1.807, 2.05) is 24.3 Å². The second kappa shape index (κ2) is 7.46. The highest BCUT2D eigenvalue weighted by atomic mass is 32.2. The minimum absolute atomic E-state index is 0.0523. The third-order valence-electron chi connectivity index (χ3n) is 5.23. The van der Waals surface area contributed by atoms with Gasteiger partial charge in [-0.25, -0.2) is 9.29 Å². The maximum absolute atomic E-state index is 12.9. The molecule has 2 saturated heterocycles. The van der Waals surface area contributed by atoms with Gasteiger partial charge in [-0.2, -0.15) is 0 Å². The molecule has 0 bridgehead atoms. The highest BCUT2D eigenvalue weighted by Crippen LogP contribution is 2.40. The molecule has 0 saturated carbocycles. The largest absolute Gasteiger partial charge is 0.348 e. The number of aromatic nitrogens is 2. The predicted molar refractivity (Wildman–Crippen MR) is 103 cm³/mol. The molecule has 1 atom stereocenters. The van der Waals surface area contributed by atoms with E-state index >= 15 is 0 Å². The summed E-state index contributed by atoms with van der Waals surface area (Å²) in [7, 11) is 0. The Bertz CT molecular complexity index is 815. The number of nitrogens with one attached hydrogen (secondary N) is 3. The molecule has 142 valence electrons. The quantitative estimate of drug-likeness (QED) is 0.537. The summed E-state index contributed by atoms with van der Waals surface area (Å²) < 4.78 is 2.22. The van der Waals surface area contributed by atoms with Gasteiger partial charge in [0, 0.05) is 28.8 Å². The minimum Gasteiger partial charge on any atom is -0.348 e. The molecular weight excluding hydrogens is 362 g/mol. The summed E-state index contributed by atoms with van der Waals surface area (Å²) in [4.78, 5) is 32.6. The first-order valence-corrected chi connectivity index (χ1v) is 9.93. The zero-order valence-electron chi connectivity index (χ0n) is 15.2. The number of aromatic amines is 1. The van der Waals surface area contributed by atoms with Crippen molar-refractivity contribution in [3.8, 4) is 0 Å². The normalized spacial score (nSPS) is 22.1. The van der Waals surface area contributed by atoms with E-state index in [2.05, 4.69) is 24.9 Å². The first kappa shape index (κ1) is 18.2. The molecule has 2 fully saturated rings. The number of benzene rings is 1. The minimum atomic E-state index is -0.350. The zero-order chi connectivity index (χ0) is 18.9. The molecule has 1 unspecified atom stereocenters. The predicted octanol–water partition coefficient (Wildman–Crippen LogP) is 1.74. The maximum atomic E-state index is 12.9. The molecular formula is C19H23N5O2S. The third-order valence-corrected chi connectivity index (χ3v) is 6.51. The van der Waals surface area contributed by atoms with Gasteiger partial charge in [-0.3, -0.25) is 9.59 Å². The van der Waals surface area contributed by atoms with Gasteiger partial charge in [-0.1, -0.05) is 12.1 Å². The highest BCUT2D eigenvalue weighted by Gasteiger charge is 2.51. The topological polar surface area (TPSA) is 90.1 Å². The van der Waals surface area contributed by atoms with Crippen molar-refractivity contribution in [2.24, 2.45) is 0 Å². The van der Waals surface area contributed by atoms with Gasteiger partial charge in [-0.15, -0.1) is 0 Å². The van der Waals surface area contributed by atoms with Crippen molar-refractivity contribution in [1.29, 1.82) is 0 Å². The number of H-pyrrole nitrogens is 1. The Morgan fingerprint density at radius 2 is 2.04 bits per heavy atom. The fraction of sp³-hybridized carbons (Fsp3) is 0.421. The number of rotatable bonds is 5. The third kappa shape index (κ3) is 3.65. The van der Waals surface area contributed by atoms with Gasteiger partial charge in [0.25, 0.3) is 0 Å². The molecule has 1 aromatic heterocycles. The lowest BCUT2D eigenvalue weighted by Crippen LogP contribution is -2.56. The Morgan fingerprint density at radius 3 is 2.67 bits per heavy atom. The van der Waals surface area contributed by atoms with E-state index in [0.717, 1.165) is 36.5 Å². The van der Waals surface area contributed by atoms with Crippen LogP contribution in [0, 0.1) is 0 Å². The standard InChI is InChI=1S/C19H23N5O2S/c1-13(25)14-2-4-16(5-3-14)27-24-17(10-15-11-21-12-22-15)18(26)23-19(24)6-8-20-9-7-19/h2-5,11-12,17,20H,6-10H2,1H3,(H,21,22)(H,23,26). The Morgan fingerprint density at radius 1 is 1.30 bits per heavy atom. The average molecular weight is 385 g/mol. The lowest BCUT2D eigenvalue weighted by molar-refractivity contribution is -0.121. The SMILES string of the molecule is CC(=O)c1ccc(SN2C(Cc3cnc[nH]3)C(=O)NC23CCNCC3)cc1. The van der Waals surface area contributed by atoms with Crippen molar-refractivity contribution >= 4 is 23.6 Å². The summed E-state index contributed by atoms with van der Waals surface area (Å²) in [6.07, 6.45) is 5.71. The molecule has 4 rings (SSSR count). The van der Waals surface area contributed by atoms with Crippen LogP contribution in [0.2, 0.25) is 0 Å². The fourth-order valence-electron chi connectivity index (χ4n) is 3.75. The molecule has 0 radical (unpaired) electrons. The van der Waals surface area contributed by atoms with Crippen LogP contribution >= 0.6 is 11.9 Å². The maximum Gasteiger partial charge on any atom is 0.240 e. The van der Waals surface area contributed by atoms with Crippen molar-refractivity contribution in [3.05, 3.63) is 48.0 Å². The first-order valence-electron chi connectivity index (χ1n) is 9.16. The molecule has 1 aromatic carbocycles. The number of carbonyl (C=O) groups excluding carboxylic acids is 2. The van der Waals surface area contributed by atoms with Gasteiger partial charge in [-0.05, 0) is 56.9 Å². The number of ketones is 1. The van der Waals surface area contributed by atoms with Gasteiger partial charge in [0.2, 0.25) is 5.91 Å². The second-order valence-corrected chi connectivity index (χ2v) is 8.11. The summed E-state index contributed by atoms with van der Waals surface area (Å²) in [5.74, 6) is 0.107.